The van der Waals surface area contributed by atoms with Crippen molar-refractivity contribution in [1.82, 2.24) is 9.55 Å². The van der Waals surface area contributed by atoms with Crippen LogP contribution in [0.1, 0.15) is 11.3 Å². The van der Waals surface area contributed by atoms with Crippen molar-refractivity contribution in [3.05, 3.63) is 40.3 Å². The second-order valence-corrected chi connectivity index (χ2v) is 4.68. The summed E-state index contributed by atoms with van der Waals surface area (Å²) in [4.78, 5) is 2.89. The van der Waals surface area contributed by atoms with Gasteiger partial charge in [0.2, 0.25) is 5.88 Å². The number of fused-ring (bicyclic) bond motifs is 1. The van der Waals surface area contributed by atoms with E-state index in [1.54, 1.807) is 6.08 Å². The van der Waals surface area contributed by atoms with Crippen LogP contribution in [-0.2, 0) is 6.54 Å². The number of aromatic amines is 1. The number of aromatic hydroxyl groups is 1. The molecule has 0 saturated carbocycles. The van der Waals surface area contributed by atoms with Gasteiger partial charge in [0, 0.05) is 5.56 Å². The maximum Gasteiger partial charge on any atom is 0.217 e. The Labute approximate surface area is 119 Å². The highest BCUT2D eigenvalue weighted by Gasteiger charge is 2.15. The Kier molecular flexibility index (Phi) is 3.21. The molecule has 6 nitrogen and oxygen atoms in total. The van der Waals surface area contributed by atoms with Gasteiger partial charge in [0.25, 0.3) is 0 Å². The predicted molar refractivity (Wildman–Crippen MR) is 77.2 cm³/mol. The maximum absolute atomic E-state index is 10.1. The summed E-state index contributed by atoms with van der Waals surface area (Å²) in [6.45, 7) is 0.140. The van der Waals surface area contributed by atoms with E-state index in [1.807, 2.05) is 24.3 Å². The van der Waals surface area contributed by atoms with Crippen LogP contribution in [0.15, 0.2) is 34.5 Å². The number of hydrogen-bond donors (Lipinski definition) is 3. The molecule has 0 amide bonds. The molecular weight excluding hydrogens is 276 g/mol. The molecule has 3 N–H and O–H groups in total. The molecule has 0 unspecified atom stereocenters. The van der Waals surface area contributed by atoms with E-state index >= 15 is 0 Å². The molecule has 102 valence electrons. The lowest BCUT2D eigenvalue weighted by Gasteiger charge is -2.00. The molecule has 1 aromatic heterocycles. The molecule has 1 aliphatic rings. The van der Waals surface area contributed by atoms with Crippen LogP contribution < -0.4 is 0 Å². The summed E-state index contributed by atoms with van der Waals surface area (Å²) in [6.07, 6.45) is 1.69. The molecule has 0 radical (unpaired) electrons. The van der Waals surface area contributed by atoms with Gasteiger partial charge in [-0.15, -0.1) is 10.2 Å². The Bertz CT molecular complexity index is 773. The van der Waals surface area contributed by atoms with E-state index in [0.29, 0.717) is 16.2 Å². The molecular formula is C13H12N4O2S. The molecule has 0 spiro atoms. The largest absolute Gasteiger partial charge is 0.493 e. The number of H-pyrrole nitrogens is 1. The molecule has 2 heterocycles. The van der Waals surface area contributed by atoms with Crippen molar-refractivity contribution in [3.8, 4) is 5.88 Å². The average Bonchev–Trinajstić information content (AvgIpc) is 2.97. The average molecular weight is 288 g/mol. The van der Waals surface area contributed by atoms with E-state index < -0.39 is 0 Å². The van der Waals surface area contributed by atoms with Gasteiger partial charge in [-0.2, -0.15) is 0 Å². The Hall–Kier alpha value is -2.25. The number of aromatic nitrogens is 2. The molecule has 0 atom stereocenters. The molecule has 20 heavy (non-hydrogen) atoms. The minimum atomic E-state index is -0.0989. The summed E-state index contributed by atoms with van der Waals surface area (Å²) in [5.41, 5.74) is 2.81. The van der Waals surface area contributed by atoms with Gasteiger partial charge in [-0.05, 0) is 24.4 Å². The van der Waals surface area contributed by atoms with Crippen LogP contribution in [0.2, 0.25) is 0 Å². The SMILES string of the molecule is OCCn1c(O)c(/C=C2\N=Nc3ccccc32)[nH]c1=S. The quantitative estimate of drug-likeness (QED) is 0.759. The third-order valence-corrected chi connectivity index (χ3v) is 3.36. The highest BCUT2D eigenvalue weighted by atomic mass is 32.1. The third-order valence-electron chi connectivity index (χ3n) is 3.03. The number of nitrogens with zero attached hydrogens (tertiary/aromatic N) is 3. The number of aliphatic hydroxyl groups excluding tert-OH is 1. The Balaban J connectivity index is 2.05. The summed E-state index contributed by atoms with van der Waals surface area (Å²) >= 11 is 5.10. The first-order chi connectivity index (χ1) is 9.70. The molecule has 7 heteroatoms. The fourth-order valence-corrected chi connectivity index (χ4v) is 2.36. The van der Waals surface area contributed by atoms with Crippen molar-refractivity contribution in [2.24, 2.45) is 10.2 Å². The first kappa shape index (κ1) is 12.8. The molecule has 1 aliphatic heterocycles. The van der Waals surface area contributed by atoms with Gasteiger partial charge in [0.15, 0.2) is 4.77 Å². The monoisotopic (exact) mass is 288 g/mol. The minimum Gasteiger partial charge on any atom is -0.493 e. The third kappa shape index (κ3) is 2.06. The van der Waals surface area contributed by atoms with E-state index in [1.165, 1.54) is 4.57 Å². The second kappa shape index (κ2) is 5.03. The number of imidazole rings is 1. The summed E-state index contributed by atoms with van der Waals surface area (Å²) in [7, 11) is 0. The Morgan fingerprint density at radius 1 is 1.30 bits per heavy atom. The number of aliphatic hydroxyl groups is 1. The molecule has 0 aliphatic carbocycles. The van der Waals surface area contributed by atoms with Crippen LogP contribution in [0.25, 0.3) is 11.8 Å². The van der Waals surface area contributed by atoms with E-state index in [4.69, 9.17) is 17.3 Å². The summed E-state index contributed by atoms with van der Waals surface area (Å²) < 4.78 is 1.78. The molecule has 1 aromatic carbocycles. The van der Waals surface area contributed by atoms with E-state index in [0.717, 1.165) is 11.3 Å². The van der Waals surface area contributed by atoms with Crippen molar-refractivity contribution >= 4 is 29.7 Å². The zero-order valence-corrected chi connectivity index (χ0v) is 11.3. The predicted octanol–water partition coefficient (Wildman–Crippen LogP) is 2.84. The molecule has 2 aromatic rings. The van der Waals surface area contributed by atoms with Crippen LogP contribution in [0, 0.1) is 4.77 Å². The molecule has 0 bridgehead atoms. The van der Waals surface area contributed by atoms with Crippen LogP contribution in [-0.4, -0.2) is 26.4 Å². The second-order valence-electron chi connectivity index (χ2n) is 4.29. The van der Waals surface area contributed by atoms with Crippen molar-refractivity contribution in [2.45, 2.75) is 6.54 Å². The number of rotatable bonds is 3. The zero-order valence-electron chi connectivity index (χ0n) is 10.4. The lowest BCUT2D eigenvalue weighted by molar-refractivity contribution is 0.266. The van der Waals surface area contributed by atoms with Crippen LogP contribution in [0.5, 0.6) is 5.88 Å². The highest BCUT2D eigenvalue weighted by Crippen LogP contribution is 2.36. The van der Waals surface area contributed by atoms with Crippen molar-refractivity contribution in [2.75, 3.05) is 6.61 Å². The summed E-state index contributed by atoms with van der Waals surface area (Å²) in [5, 5.41) is 27.2. The number of azo groups is 1. The Morgan fingerprint density at radius 2 is 2.10 bits per heavy atom. The van der Waals surface area contributed by atoms with Crippen LogP contribution >= 0.6 is 12.2 Å². The van der Waals surface area contributed by atoms with E-state index in [2.05, 4.69) is 15.2 Å². The van der Waals surface area contributed by atoms with E-state index in [-0.39, 0.29) is 19.0 Å². The normalized spacial score (nSPS) is 14.9. The van der Waals surface area contributed by atoms with Gasteiger partial charge in [-0.25, -0.2) is 0 Å². The lowest BCUT2D eigenvalue weighted by Crippen LogP contribution is -2.01. The number of benzene rings is 1. The summed E-state index contributed by atoms with van der Waals surface area (Å²) in [5.74, 6) is -0.0175. The van der Waals surface area contributed by atoms with Gasteiger partial charge in [-0.3, -0.25) is 4.57 Å². The van der Waals surface area contributed by atoms with Gasteiger partial charge >= 0.3 is 0 Å². The highest BCUT2D eigenvalue weighted by molar-refractivity contribution is 7.71. The van der Waals surface area contributed by atoms with Gasteiger partial charge in [0.05, 0.1) is 24.5 Å². The molecule has 0 fully saturated rings. The van der Waals surface area contributed by atoms with Crippen LogP contribution in [0.3, 0.4) is 0 Å². The fraction of sp³-hybridized carbons (Fsp3) is 0.154. The van der Waals surface area contributed by atoms with E-state index in [9.17, 15) is 5.11 Å². The maximum atomic E-state index is 10.1. The Morgan fingerprint density at radius 3 is 2.90 bits per heavy atom. The minimum absolute atomic E-state index is 0.0175. The fourth-order valence-electron chi connectivity index (χ4n) is 2.07. The van der Waals surface area contributed by atoms with Crippen LogP contribution in [0.4, 0.5) is 5.69 Å². The molecule has 0 saturated heterocycles. The van der Waals surface area contributed by atoms with Crippen molar-refractivity contribution in [1.29, 1.82) is 0 Å². The topological polar surface area (TPSA) is 85.9 Å². The zero-order chi connectivity index (χ0) is 14.1. The number of hydrogen-bond acceptors (Lipinski definition) is 5. The first-order valence-electron chi connectivity index (χ1n) is 6.06. The summed E-state index contributed by atoms with van der Waals surface area (Å²) in [6, 6.07) is 7.59. The molecule has 3 rings (SSSR count). The van der Waals surface area contributed by atoms with Crippen molar-refractivity contribution in [3.63, 3.8) is 0 Å². The number of nitrogens with one attached hydrogen (secondary N) is 1. The first-order valence-corrected chi connectivity index (χ1v) is 6.47. The smallest absolute Gasteiger partial charge is 0.217 e. The van der Waals surface area contributed by atoms with Crippen molar-refractivity contribution < 1.29 is 10.2 Å². The lowest BCUT2D eigenvalue weighted by atomic mass is 10.1. The van der Waals surface area contributed by atoms with Gasteiger partial charge in [0.1, 0.15) is 5.69 Å². The van der Waals surface area contributed by atoms with Gasteiger partial charge in [-0.1, -0.05) is 18.2 Å². The van der Waals surface area contributed by atoms with Gasteiger partial charge < -0.3 is 15.2 Å². The standard InChI is InChI=1S/C13H12N4O2S/c18-6-5-17-12(19)11(14-13(17)20)7-10-8-3-1-2-4-9(8)15-16-10/h1-4,7,18-19H,5-6H2,(H,14,20)/b10-7-.